The van der Waals surface area contributed by atoms with Crippen molar-refractivity contribution < 1.29 is 14.4 Å². The van der Waals surface area contributed by atoms with Crippen LogP contribution in [0.15, 0.2) is 35.4 Å². The quantitative estimate of drug-likeness (QED) is 0.781. The second-order valence-electron chi connectivity index (χ2n) is 5.99. The molecule has 0 aromatic heterocycles. The minimum absolute atomic E-state index is 0.00254. The number of rotatable bonds is 2. The van der Waals surface area contributed by atoms with Crippen molar-refractivity contribution in [2.75, 3.05) is 0 Å². The van der Waals surface area contributed by atoms with Crippen molar-refractivity contribution in [3.05, 3.63) is 46.5 Å². The van der Waals surface area contributed by atoms with Gasteiger partial charge in [-0.15, -0.1) is 0 Å². The van der Waals surface area contributed by atoms with Gasteiger partial charge in [0.25, 0.3) is 0 Å². The van der Waals surface area contributed by atoms with Crippen molar-refractivity contribution in [1.82, 2.24) is 0 Å². The summed E-state index contributed by atoms with van der Waals surface area (Å²) in [4.78, 5) is 36.1. The van der Waals surface area contributed by atoms with Gasteiger partial charge in [0.15, 0.2) is 11.6 Å². The Morgan fingerprint density at radius 1 is 0.952 bits per heavy atom. The molecule has 0 bridgehead atoms. The second-order valence-corrected chi connectivity index (χ2v) is 5.99. The Kier molecular flexibility index (Phi) is 3.58. The highest BCUT2D eigenvalue weighted by Gasteiger charge is 2.35. The van der Waals surface area contributed by atoms with Crippen molar-refractivity contribution in [3.8, 4) is 0 Å². The molecule has 3 rings (SSSR count). The third kappa shape index (κ3) is 2.27. The zero-order valence-electron chi connectivity index (χ0n) is 12.1. The first kappa shape index (κ1) is 13.9. The summed E-state index contributed by atoms with van der Waals surface area (Å²) >= 11 is 0. The van der Waals surface area contributed by atoms with Crippen LogP contribution in [0.5, 0.6) is 0 Å². The summed E-state index contributed by atoms with van der Waals surface area (Å²) in [6.07, 6.45) is 4.28. The van der Waals surface area contributed by atoms with Crippen molar-refractivity contribution >= 4 is 17.9 Å². The van der Waals surface area contributed by atoms with E-state index in [1.807, 2.05) is 0 Å². The first-order valence-electron chi connectivity index (χ1n) is 7.48. The maximum Gasteiger partial charge on any atom is 0.190 e. The number of carbonyl (C=O) groups excluding carboxylic acids is 3. The van der Waals surface area contributed by atoms with Crippen LogP contribution in [0.2, 0.25) is 0 Å². The van der Waals surface area contributed by atoms with E-state index < -0.39 is 0 Å². The van der Waals surface area contributed by atoms with Crippen LogP contribution in [0.3, 0.4) is 0 Å². The topological polar surface area (TPSA) is 51.2 Å². The third-order valence-corrected chi connectivity index (χ3v) is 4.78. The fraction of sp³-hybridized carbons (Fsp3) is 0.389. The predicted octanol–water partition coefficient (Wildman–Crippen LogP) is 3.39. The van der Waals surface area contributed by atoms with Crippen LogP contribution in [0.4, 0.5) is 0 Å². The lowest BCUT2D eigenvalue weighted by Crippen LogP contribution is -2.28. The first-order chi connectivity index (χ1) is 10.1. The molecule has 108 valence electrons. The van der Waals surface area contributed by atoms with Gasteiger partial charge in [-0.05, 0) is 38.5 Å². The van der Waals surface area contributed by atoms with E-state index in [0.717, 1.165) is 32.0 Å². The molecule has 0 spiro atoms. The highest BCUT2D eigenvalue weighted by Crippen LogP contribution is 2.38. The number of Topliss-reactive ketones (excluding diaryl/α,β-unsaturated/α-hetero) is 2. The predicted molar refractivity (Wildman–Crippen MR) is 79.3 cm³/mol. The van der Waals surface area contributed by atoms with Crippen LogP contribution in [-0.2, 0) is 4.79 Å². The van der Waals surface area contributed by atoms with E-state index in [1.54, 1.807) is 31.2 Å². The molecule has 1 aromatic rings. The van der Waals surface area contributed by atoms with Gasteiger partial charge in [0.1, 0.15) is 6.29 Å². The van der Waals surface area contributed by atoms with Gasteiger partial charge in [0.05, 0.1) is 0 Å². The molecule has 2 aliphatic carbocycles. The maximum atomic E-state index is 12.7. The molecule has 0 atom stereocenters. The number of aldehydes is 1. The summed E-state index contributed by atoms with van der Waals surface area (Å²) in [5, 5.41) is 0. The number of hydrogen-bond acceptors (Lipinski definition) is 3. The Hall–Kier alpha value is -2.03. The van der Waals surface area contributed by atoms with Gasteiger partial charge in [-0.25, -0.2) is 0 Å². The van der Waals surface area contributed by atoms with Crippen LogP contribution in [0, 0.1) is 11.8 Å². The summed E-state index contributed by atoms with van der Waals surface area (Å²) in [5.74, 6) is 0.199. The smallest absolute Gasteiger partial charge is 0.190 e. The van der Waals surface area contributed by atoms with E-state index in [1.165, 1.54) is 0 Å². The highest BCUT2D eigenvalue weighted by atomic mass is 16.1. The molecule has 0 unspecified atom stereocenters. The van der Waals surface area contributed by atoms with E-state index in [-0.39, 0.29) is 23.4 Å². The number of fused-ring (bicyclic) bond motifs is 1. The Balaban J connectivity index is 1.96. The van der Waals surface area contributed by atoms with E-state index >= 15 is 0 Å². The Morgan fingerprint density at radius 2 is 1.52 bits per heavy atom. The van der Waals surface area contributed by atoms with Crippen molar-refractivity contribution in [1.29, 1.82) is 0 Å². The molecule has 1 saturated carbocycles. The van der Waals surface area contributed by atoms with Gasteiger partial charge >= 0.3 is 0 Å². The summed E-state index contributed by atoms with van der Waals surface area (Å²) in [6.45, 7) is 1.76. The second kappa shape index (κ2) is 5.40. The lowest BCUT2D eigenvalue weighted by Gasteiger charge is -2.30. The van der Waals surface area contributed by atoms with Crippen LogP contribution >= 0.6 is 0 Å². The van der Waals surface area contributed by atoms with E-state index in [0.29, 0.717) is 22.3 Å². The van der Waals surface area contributed by atoms with Crippen LogP contribution in [-0.4, -0.2) is 17.9 Å². The molecule has 0 aliphatic heterocycles. The van der Waals surface area contributed by atoms with Gasteiger partial charge < -0.3 is 4.79 Å². The van der Waals surface area contributed by atoms with Gasteiger partial charge in [0, 0.05) is 28.2 Å². The fourth-order valence-corrected chi connectivity index (χ4v) is 3.55. The van der Waals surface area contributed by atoms with Gasteiger partial charge in [0.2, 0.25) is 0 Å². The molecular formula is C18H18O3. The normalized spacial score (nSPS) is 25.8. The Labute approximate surface area is 124 Å². The molecular weight excluding hydrogens is 264 g/mol. The average molecular weight is 282 g/mol. The number of ketones is 2. The number of hydrogen-bond donors (Lipinski definition) is 0. The summed E-state index contributed by atoms with van der Waals surface area (Å²) in [5.41, 5.74) is 2.32. The van der Waals surface area contributed by atoms with Gasteiger partial charge in [-0.3, -0.25) is 9.59 Å². The van der Waals surface area contributed by atoms with E-state index in [4.69, 9.17) is 0 Å². The molecule has 1 aromatic carbocycles. The number of benzene rings is 1. The summed E-state index contributed by atoms with van der Waals surface area (Å²) in [6, 6.07) is 7.04. The van der Waals surface area contributed by atoms with Crippen molar-refractivity contribution in [2.24, 2.45) is 11.8 Å². The summed E-state index contributed by atoms with van der Waals surface area (Å²) in [7, 11) is 0. The van der Waals surface area contributed by atoms with Crippen molar-refractivity contribution in [2.45, 2.75) is 32.6 Å². The summed E-state index contributed by atoms with van der Waals surface area (Å²) < 4.78 is 0. The van der Waals surface area contributed by atoms with Crippen LogP contribution in [0.1, 0.15) is 53.3 Å². The fourth-order valence-electron chi connectivity index (χ4n) is 3.55. The molecule has 2 aliphatic rings. The monoisotopic (exact) mass is 282 g/mol. The third-order valence-electron chi connectivity index (χ3n) is 4.78. The Bertz CT molecular complexity index is 646. The highest BCUT2D eigenvalue weighted by molar-refractivity contribution is 6.26. The molecule has 3 heteroatoms. The molecule has 0 radical (unpaired) electrons. The molecule has 3 nitrogen and oxygen atoms in total. The molecule has 0 amide bonds. The average Bonchev–Trinajstić information content (AvgIpc) is 2.53. The first-order valence-corrected chi connectivity index (χ1v) is 7.48. The standard InChI is InChI=1S/C18H18O3/c1-11-16(13-8-6-12(10-19)7-9-13)18(21)15-5-3-2-4-14(15)17(11)20/h2-5,10,12-13H,6-9H2,1H3. The molecule has 0 heterocycles. The number of allylic oxidation sites excluding steroid dienone is 2. The van der Waals surface area contributed by atoms with E-state index in [9.17, 15) is 14.4 Å². The molecule has 1 fully saturated rings. The SMILES string of the molecule is CC1=C(C2CCC(C=O)CC2)C(=O)c2ccccc2C1=O. The lowest BCUT2D eigenvalue weighted by molar-refractivity contribution is -0.112. The van der Waals surface area contributed by atoms with Crippen LogP contribution in [0.25, 0.3) is 0 Å². The minimum atomic E-state index is -0.0299. The zero-order chi connectivity index (χ0) is 15.0. The van der Waals surface area contributed by atoms with E-state index in [2.05, 4.69) is 0 Å². The van der Waals surface area contributed by atoms with Crippen LogP contribution < -0.4 is 0 Å². The largest absolute Gasteiger partial charge is 0.303 e. The molecule has 0 N–H and O–H groups in total. The molecule has 21 heavy (non-hydrogen) atoms. The zero-order valence-corrected chi connectivity index (χ0v) is 12.1. The lowest BCUT2D eigenvalue weighted by atomic mass is 9.72. The van der Waals surface area contributed by atoms with Gasteiger partial charge in [-0.2, -0.15) is 0 Å². The Morgan fingerprint density at radius 3 is 2.10 bits per heavy atom. The van der Waals surface area contributed by atoms with Crippen molar-refractivity contribution in [3.63, 3.8) is 0 Å². The molecule has 0 saturated heterocycles. The maximum absolute atomic E-state index is 12.7. The number of carbonyl (C=O) groups is 3. The van der Waals surface area contributed by atoms with Gasteiger partial charge in [-0.1, -0.05) is 24.3 Å². The minimum Gasteiger partial charge on any atom is -0.303 e.